The van der Waals surface area contributed by atoms with Crippen LogP contribution in [0.25, 0.3) is 28.1 Å². The van der Waals surface area contributed by atoms with E-state index in [0.29, 0.717) is 17.0 Å². The Hall–Kier alpha value is -4.26. The van der Waals surface area contributed by atoms with Crippen LogP contribution in [0.15, 0.2) is 77.6 Å². The lowest BCUT2D eigenvalue weighted by Crippen LogP contribution is -2.29. The Morgan fingerprint density at radius 1 is 0.844 bits per heavy atom. The lowest BCUT2D eigenvalue weighted by molar-refractivity contribution is -0.116. The Labute approximate surface area is 184 Å². The summed E-state index contributed by atoms with van der Waals surface area (Å²) in [6, 6.07) is 22.9. The number of aryl methyl sites for hydroxylation is 2. The van der Waals surface area contributed by atoms with Crippen molar-refractivity contribution in [1.29, 1.82) is 0 Å². The van der Waals surface area contributed by atoms with Gasteiger partial charge < -0.3 is 5.32 Å². The summed E-state index contributed by atoms with van der Waals surface area (Å²) in [5.41, 5.74) is 4.99. The monoisotopic (exact) mass is 423 g/mol. The molecule has 1 N–H and O–H groups in total. The van der Waals surface area contributed by atoms with Crippen molar-refractivity contribution in [3.8, 4) is 11.4 Å². The number of nitrogens with one attached hydrogen (secondary N) is 1. The third-order valence-corrected chi connectivity index (χ3v) is 5.46. The van der Waals surface area contributed by atoms with Gasteiger partial charge in [-0.05, 0) is 38.1 Å². The molecule has 0 aliphatic rings. The van der Waals surface area contributed by atoms with Crippen molar-refractivity contribution in [3.63, 3.8) is 0 Å². The molecule has 7 nitrogen and oxygen atoms in total. The summed E-state index contributed by atoms with van der Waals surface area (Å²) in [6.45, 7) is 3.87. The molecule has 0 saturated heterocycles. The van der Waals surface area contributed by atoms with Gasteiger partial charge in [-0.3, -0.25) is 18.6 Å². The molecule has 0 spiro atoms. The van der Waals surface area contributed by atoms with E-state index in [1.807, 2.05) is 86.6 Å². The van der Waals surface area contributed by atoms with Crippen molar-refractivity contribution in [1.82, 2.24) is 19.2 Å². The predicted molar refractivity (Wildman–Crippen MR) is 125 cm³/mol. The maximum atomic E-state index is 13.3. The molecule has 5 rings (SSSR count). The number of hydrogen-bond donors (Lipinski definition) is 1. The topological polar surface area (TPSA) is 81.3 Å². The smallest absolute Gasteiger partial charge is 0.297 e. The molecule has 0 aliphatic heterocycles. The van der Waals surface area contributed by atoms with Gasteiger partial charge in [-0.15, -0.1) is 10.2 Å². The SMILES string of the molecule is Cc1ccc(NC(=O)Cn2c(=O)c3nnc(-c4ccc(C)cc4)n3c3ccccc32)cc1. The van der Waals surface area contributed by atoms with E-state index in [1.54, 1.807) is 4.40 Å². The summed E-state index contributed by atoms with van der Waals surface area (Å²) >= 11 is 0. The van der Waals surface area contributed by atoms with Gasteiger partial charge in [-0.1, -0.05) is 59.7 Å². The van der Waals surface area contributed by atoms with Crippen LogP contribution >= 0.6 is 0 Å². The zero-order valence-corrected chi connectivity index (χ0v) is 17.7. The first-order valence-electron chi connectivity index (χ1n) is 10.3. The molecule has 0 bridgehead atoms. The largest absolute Gasteiger partial charge is 0.325 e. The molecule has 0 fully saturated rings. The van der Waals surface area contributed by atoms with Crippen LogP contribution in [0.1, 0.15) is 11.1 Å². The number of rotatable bonds is 4. The van der Waals surface area contributed by atoms with E-state index < -0.39 is 0 Å². The van der Waals surface area contributed by atoms with E-state index >= 15 is 0 Å². The molecule has 0 atom stereocenters. The lowest BCUT2D eigenvalue weighted by Gasteiger charge is -2.13. The summed E-state index contributed by atoms with van der Waals surface area (Å²) in [6.07, 6.45) is 0. The number of carbonyl (C=O) groups excluding carboxylic acids is 1. The van der Waals surface area contributed by atoms with Crippen LogP contribution in [0, 0.1) is 13.8 Å². The minimum Gasteiger partial charge on any atom is -0.325 e. The highest BCUT2D eigenvalue weighted by Gasteiger charge is 2.18. The van der Waals surface area contributed by atoms with E-state index in [4.69, 9.17) is 0 Å². The number of para-hydroxylation sites is 2. The fraction of sp³-hybridized carbons (Fsp3) is 0.120. The van der Waals surface area contributed by atoms with Gasteiger partial charge in [-0.25, -0.2) is 0 Å². The quantitative estimate of drug-likeness (QED) is 0.474. The molecule has 2 heterocycles. The number of nitrogens with zero attached hydrogens (tertiary/aromatic N) is 4. The second kappa shape index (κ2) is 7.77. The summed E-state index contributed by atoms with van der Waals surface area (Å²) < 4.78 is 3.21. The highest BCUT2D eigenvalue weighted by molar-refractivity contribution is 5.92. The van der Waals surface area contributed by atoms with E-state index in [0.717, 1.165) is 22.2 Å². The van der Waals surface area contributed by atoms with Crippen molar-refractivity contribution in [2.24, 2.45) is 0 Å². The number of fused-ring (bicyclic) bond motifs is 3. The molecule has 3 aromatic carbocycles. The van der Waals surface area contributed by atoms with Gasteiger partial charge >= 0.3 is 0 Å². The Balaban J connectivity index is 1.62. The maximum absolute atomic E-state index is 13.3. The lowest BCUT2D eigenvalue weighted by atomic mass is 10.1. The number of aromatic nitrogens is 4. The zero-order chi connectivity index (χ0) is 22.2. The van der Waals surface area contributed by atoms with Gasteiger partial charge in [0.05, 0.1) is 11.0 Å². The zero-order valence-electron chi connectivity index (χ0n) is 17.7. The highest BCUT2D eigenvalue weighted by Crippen LogP contribution is 2.23. The third kappa shape index (κ3) is 3.43. The van der Waals surface area contributed by atoms with E-state index in [2.05, 4.69) is 15.5 Å². The average Bonchev–Trinajstić information content (AvgIpc) is 3.24. The second-order valence-corrected chi connectivity index (χ2v) is 7.84. The first kappa shape index (κ1) is 19.7. The maximum Gasteiger partial charge on any atom is 0.297 e. The molecule has 32 heavy (non-hydrogen) atoms. The Morgan fingerprint density at radius 3 is 2.16 bits per heavy atom. The summed E-state index contributed by atoms with van der Waals surface area (Å²) in [5, 5.41) is 11.3. The van der Waals surface area contributed by atoms with Crippen LogP contribution in [-0.4, -0.2) is 25.1 Å². The van der Waals surface area contributed by atoms with Crippen LogP contribution in [0.5, 0.6) is 0 Å². The van der Waals surface area contributed by atoms with Gasteiger partial charge in [0.25, 0.3) is 5.56 Å². The standard InChI is InChI=1S/C25H21N5O2/c1-16-7-11-18(12-8-16)23-27-28-24-25(32)29(20-5-3-4-6-21(20)30(23)24)15-22(31)26-19-13-9-17(2)10-14-19/h3-14H,15H2,1-2H3,(H,26,31). The first-order valence-corrected chi connectivity index (χ1v) is 10.3. The predicted octanol–water partition coefficient (Wildman–Crippen LogP) is 3.97. The van der Waals surface area contributed by atoms with Crippen LogP contribution < -0.4 is 10.9 Å². The van der Waals surface area contributed by atoms with Crippen molar-refractivity contribution in [2.45, 2.75) is 20.4 Å². The summed E-state index contributed by atoms with van der Waals surface area (Å²) in [4.78, 5) is 26.1. The van der Waals surface area contributed by atoms with E-state index in [9.17, 15) is 9.59 Å². The molecule has 2 aromatic heterocycles. The Bertz CT molecular complexity index is 1510. The van der Waals surface area contributed by atoms with Gasteiger partial charge in [0, 0.05) is 11.3 Å². The van der Waals surface area contributed by atoms with Crippen molar-refractivity contribution < 1.29 is 4.79 Å². The summed E-state index contributed by atoms with van der Waals surface area (Å²) in [7, 11) is 0. The van der Waals surface area contributed by atoms with Gasteiger partial charge in [0.1, 0.15) is 6.54 Å². The molecule has 0 radical (unpaired) electrons. The van der Waals surface area contributed by atoms with Crippen LogP contribution in [0.2, 0.25) is 0 Å². The molecule has 0 aliphatic carbocycles. The molecule has 1 amide bonds. The average molecular weight is 423 g/mol. The minimum absolute atomic E-state index is 0.129. The molecule has 0 unspecified atom stereocenters. The number of benzene rings is 3. The van der Waals surface area contributed by atoms with Crippen LogP contribution in [0.4, 0.5) is 5.69 Å². The number of amides is 1. The fourth-order valence-electron chi connectivity index (χ4n) is 3.79. The highest BCUT2D eigenvalue weighted by atomic mass is 16.2. The molecular weight excluding hydrogens is 402 g/mol. The van der Waals surface area contributed by atoms with Gasteiger partial charge in [0.2, 0.25) is 11.6 Å². The third-order valence-electron chi connectivity index (χ3n) is 5.46. The van der Waals surface area contributed by atoms with E-state index in [-0.39, 0.29) is 23.7 Å². The van der Waals surface area contributed by atoms with E-state index in [1.165, 1.54) is 4.57 Å². The van der Waals surface area contributed by atoms with Gasteiger partial charge in [-0.2, -0.15) is 0 Å². The van der Waals surface area contributed by atoms with Crippen molar-refractivity contribution in [2.75, 3.05) is 5.32 Å². The van der Waals surface area contributed by atoms with Crippen molar-refractivity contribution in [3.05, 3.63) is 94.3 Å². The number of anilines is 1. The minimum atomic E-state index is -0.367. The first-order chi connectivity index (χ1) is 15.5. The van der Waals surface area contributed by atoms with Crippen molar-refractivity contribution >= 4 is 28.3 Å². The number of carbonyl (C=O) groups is 1. The Morgan fingerprint density at radius 2 is 1.47 bits per heavy atom. The van der Waals surface area contributed by atoms with Crippen LogP contribution in [-0.2, 0) is 11.3 Å². The van der Waals surface area contributed by atoms with Gasteiger partial charge in [0.15, 0.2) is 5.82 Å². The number of hydrogen-bond acceptors (Lipinski definition) is 4. The molecule has 158 valence electrons. The molecule has 7 heteroatoms. The Kier molecular flexibility index (Phi) is 4.78. The second-order valence-electron chi connectivity index (χ2n) is 7.84. The molecule has 0 saturated carbocycles. The molecule has 5 aromatic rings. The normalized spacial score (nSPS) is 11.2. The molecular formula is C25H21N5O2. The summed E-state index contributed by atoms with van der Waals surface area (Å²) in [5.74, 6) is 0.299. The van der Waals surface area contributed by atoms with Crippen LogP contribution in [0.3, 0.4) is 0 Å². The fourth-order valence-corrected chi connectivity index (χ4v) is 3.79.